The van der Waals surface area contributed by atoms with Gasteiger partial charge in [-0.25, -0.2) is 0 Å². The number of ether oxygens (including phenoxy) is 1. The normalized spacial score (nSPS) is 19.7. The van der Waals surface area contributed by atoms with E-state index in [2.05, 4.69) is 13.0 Å². The molecule has 70 valence electrons. The van der Waals surface area contributed by atoms with Gasteiger partial charge in [-0.1, -0.05) is 25.1 Å². The number of aliphatic hydroxyl groups is 1. The lowest BCUT2D eigenvalue weighted by molar-refractivity contribution is 0.293. The van der Waals surface area contributed by atoms with Gasteiger partial charge in [-0.2, -0.15) is 0 Å². The molecule has 2 heteroatoms. The Morgan fingerprint density at radius 2 is 2.38 bits per heavy atom. The molecule has 0 spiro atoms. The number of aliphatic hydroxyl groups excluding tert-OH is 1. The standard InChI is InChI=1S/C11H14O2/c1-8-7-13-11-9(5-6-12)3-2-4-10(8)11/h2-4,8,12H,5-7H2,1H3. The van der Waals surface area contributed by atoms with Crippen LogP contribution in [0, 0.1) is 0 Å². The van der Waals surface area contributed by atoms with Crippen LogP contribution in [0.1, 0.15) is 24.0 Å². The van der Waals surface area contributed by atoms with Gasteiger partial charge in [-0.05, 0) is 12.0 Å². The summed E-state index contributed by atoms with van der Waals surface area (Å²) in [5, 5.41) is 8.86. The summed E-state index contributed by atoms with van der Waals surface area (Å²) in [6.45, 7) is 3.13. The minimum atomic E-state index is 0.189. The Balaban J connectivity index is 2.38. The largest absolute Gasteiger partial charge is 0.492 e. The third-order valence-corrected chi connectivity index (χ3v) is 2.52. The highest BCUT2D eigenvalue weighted by molar-refractivity contribution is 5.46. The molecule has 2 rings (SSSR count). The van der Waals surface area contributed by atoms with Gasteiger partial charge in [0, 0.05) is 18.1 Å². The van der Waals surface area contributed by atoms with E-state index in [-0.39, 0.29) is 6.61 Å². The molecule has 0 aliphatic carbocycles. The maximum atomic E-state index is 8.86. The van der Waals surface area contributed by atoms with Crippen molar-refractivity contribution in [3.8, 4) is 5.75 Å². The van der Waals surface area contributed by atoms with E-state index in [1.54, 1.807) is 0 Å². The molecule has 1 aromatic carbocycles. The summed E-state index contributed by atoms with van der Waals surface area (Å²) in [7, 11) is 0. The third-order valence-electron chi connectivity index (χ3n) is 2.52. The first-order valence-electron chi connectivity index (χ1n) is 4.68. The number of hydrogen-bond donors (Lipinski definition) is 1. The van der Waals surface area contributed by atoms with Crippen molar-refractivity contribution < 1.29 is 9.84 Å². The highest BCUT2D eigenvalue weighted by Gasteiger charge is 2.21. The molecule has 0 bridgehead atoms. The van der Waals surface area contributed by atoms with Crippen LogP contribution in [0.15, 0.2) is 18.2 Å². The van der Waals surface area contributed by atoms with Crippen LogP contribution in [0.25, 0.3) is 0 Å². The summed E-state index contributed by atoms with van der Waals surface area (Å²) in [6.07, 6.45) is 0.690. The van der Waals surface area contributed by atoms with Gasteiger partial charge in [0.05, 0.1) is 6.61 Å². The van der Waals surface area contributed by atoms with Crippen LogP contribution in [0.2, 0.25) is 0 Å². The molecule has 2 nitrogen and oxygen atoms in total. The van der Waals surface area contributed by atoms with Crippen LogP contribution in [0.3, 0.4) is 0 Å². The van der Waals surface area contributed by atoms with Crippen molar-refractivity contribution in [1.29, 1.82) is 0 Å². The van der Waals surface area contributed by atoms with Gasteiger partial charge < -0.3 is 9.84 Å². The van der Waals surface area contributed by atoms with E-state index in [9.17, 15) is 0 Å². The second-order valence-corrected chi connectivity index (χ2v) is 3.52. The lowest BCUT2D eigenvalue weighted by atomic mass is 10.00. The number of benzene rings is 1. The SMILES string of the molecule is CC1COc2c(CCO)cccc21. The van der Waals surface area contributed by atoms with Crippen molar-refractivity contribution in [2.45, 2.75) is 19.3 Å². The average Bonchev–Trinajstić information content (AvgIpc) is 2.50. The van der Waals surface area contributed by atoms with Crippen LogP contribution in [-0.2, 0) is 6.42 Å². The lowest BCUT2D eigenvalue weighted by Crippen LogP contribution is -1.95. The Morgan fingerprint density at radius 1 is 1.54 bits per heavy atom. The molecule has 1 heterocycles. The Bertz CT molecular complexity index is 307. The Hall–Kier alpha value is -1.02. The van der Waals surface area contributed by atoms with E-state index in [1.807, 2.05) is 12.1 Å². The van der Waals surface area contributed by atoms with Gasteiger partial charge in [-0.15, -0.1) is 0 Å². The van der Waals surface area contributed by atoms with E-state index >= 15 is 0 Å². The van der Waals surface area contributed by atoms with Crippen molar-refractivity contribution in [1.82, 2.24) is 0 Å². The molecule has 1 unspecified atom stereocenters. The summed E-state index contributed by atoms with van der Waals surface area (Å²) in [4.78, 5) is 0. The van der Waals surface area contributed by atoms with Gasteiger partial charge in [0.2, 0.25) is 0 Å². The fourth-order valence-corrected chi connectivity index (χ4v) is 1.78. The van der Waals surface area contributed by atoms with E-state index in [4.69, 9.17) is 9.84 Å². The van der Waals surface area contributed by atoms with Gasteiger partial charge in [0.1, 0.15) is 5.75 Å². The molecule has 1 aliphatic heterocycles. The smallest absolute Gasteiger partial charge is 0.126 e. The highest BCUT2D eigenvalue weighted by atomic mass is 16.5. The number of fused-ring (bicyclic) bond motifs is 1. The zero-order valence-corrected chi connectivity index (χ0v) is 7.79. The van der Waals surface area contributed by atoms with Crippen molar-refractivity contribution in [3.05, 3.63) is 29.3 Å². The molecule has 1 aromatic rings. The Morgan fingerprint density at radius 3 is 3.15 bits per heavy atom. The van der Waals surface area contributed by atoms with Crippen molar-refractivity contribution in [3.63, 3.8) is 0 Å². The van der Waals surface area contributed by atoms with Crippen LogP contribution >= 0.6 is 0 Å². The summed E-state index contributed by atoms with van der Waals surface area (Å²) >= 11 is 0. The quantitative estimate of drug-likeness (QED) is 0.747. The molecule has 1 N–H and O–H groups in total. The van der Waals surface area contributed by atoms with E-state index in [0.29, 0.717) is 12.3 Å². The van der Waals surface area contributed by atoms with Gasteiger partial charge in [-0.3, -0.25) is 0 Å². The van der Waals surface area contributed by atoms with Crippen molar-refractivity contribution in [2.75, 3.05) is 13.2 Å². The molecule has 0 saturated heterocycles. The predicted octanol–water partition coefficient (Wildman–Crippen LogP) is 1.72. The second kappa shape index (κ2) is 3.38. The Kier molecular flexibility index (Phi) is 2.23. The molecule has 0 amide bonds. The van der Waals surface area contributed by atoms with E-state index in [0.717, 1.165) is 17.9 Å². The number of rotatable bonds is 2. The second-order valence-electron chi connectivity index (χ2n) is 3.52. The first kappa shape index (κ1) is 8.57. The van der Waals surface area contributed by atoms with Gasteiger partial charge in [0.25, 0.3) is 0 Å². The maximum absolute atomic E-state index is 8.86. The zero-order valence-electron chi connectivity index (χ0n) is 7.79. The van der Waals surface area contributed by atoms with Crippen LogP contribution in [0.4, 0.5) is 0 Å². The van der Waals surface area contributed by atoms with Crippen molar-refractivity contribution in [2.24, 2.45) is 0 Å². The molecular formula is C11H14O2. The fourth-order valence-electron chi connectivity index (χ4n) is 1.78. The fraction of sp³-hybridized carbons (Fsp3) is 0.455. The monoisotopic (exact) mass is 178 g/mol. The summed E-state index contributed by atoms with van der Waals surface area (Å²) < 4.78 is 5.58. The van der Waals surface area contributed by atoms with Crippen LogP contribution < -0.4 is 4.74 Å². The lowest BCUT2D eigenvalue weighted by Gasteiger charge is -2.05. The zero-order chi connectivity index (χ0) is 9.26. The van der Waals surface area contributed by atoms with Crippen LogP contribution in [-0.4, -0.2) is 18.3 Å². The molecule has 0 saturated carbocycles. The summed E-state index contributed by atoms with van der Waals surface area (Å²) in [5.74, 6) is 1.50. The molecule has 13 heavy (non-hydrogen) atoms. The van der Waals surface area contributed by atoms with Gasteiger partial charge >= 0.3 is 0 Å². The molecule has 0 radical (unpaired) electrons. The topological polar surface area (TPSA) is 29.5 Å². The minimum absolute atomic E-state index is 0.189. The summed E-state index contributed by atoms with van der Waals surface area (Å²) in [5.41, 5.74) is 2.41. The summed E-state index contributed by atoms with van der Waals surface area (Å²) in [6, 6.07) is 6.16. The van der Waals surface area contributed by atoms with Crippen molar-refractivity contribution >= 4 is 0 Å². The van der Waals surface area contributed by atoms with E-state index in [1.165, 1.54) is 5.56 Å². The molecule has 0 fully saturated rings. The highest BCUT2D eigenvalue weighted by Crippen LogP contribution is 2.36. The third kappa shape index (κ3) is 1.42. The number of para-hydroxylation sites is 1. The van der Waals surface area contributed by atoms with Gasteiger partial charge in [0.15, 0.2) is 0 Å². The van der Waals surface area contributed by atoms with E-state index < -0.39 is 0 Å². The first-order valence-corrected chi connectivity index (χ1v) is 4.68. The predicted molar refractivity (Wildman–Crippen MR) is 51.1 cm³/mol. The molecule has 1 aliphatic rings. The average molecular weight is 178 g/mol. The molecular weight excluding hydrogens is 164 g/mol. The molecule has 1 atom stereocenters. The first-order chi connectivity index (χ1) is 6.33. The maximum Gasteiger partial charge on any atom is 0.126 e. The van der Waals surface area contributed by atoms with Crippen LogP contribution in [0.5, 0.6) is 5.75 Å². The number of hydrogen-bond acceptors (Lipinski definition) is 2. The molecule has 0 aromatic heterocycles. The minimum Gasteiger partial charge on any atom is -0.492 e. The Labute approximate surface area is 78.2 Å².